The molecule has 0 amide bonds. The minimum absolute atomic E-state index is 0.340. The molecule has 3 rings (SSSR count). The van der Waals surface area contributed by atoms with Gasteiger partial charge in [0.15, 0.2) is 0 Å². The van der Waals surface area contributed by atoms with Crippen molar-refractivity contribution in [3.63, 3.8) is 0 Å². The van der Waals surface area contributed by atoms with Crippen molar-refractivity contribution in [2.45, 2.75) is 38.7 Å². The second-order valence-electron chi connectivity index (χ2n) is 7.19. The van der Waals surface area contributed by atoms with E-state index in [-0.39, 0.29) is 6.10 Å². The van der Waals surface area contributed by atoms with Gasteiger partial charge in [0.2, 0.25) is 0 Å². The Morgan fingerprint density at radius 3 is 2.33 bits per heavy atom. The van der Waals surface area contributed by atoms with E-state index in [2.05, 4.69) is 54.3 Å². The van der Waals surface area contributed by atoms with Gasteiger partial charge in [0.1, 0.15) is 0 Å². The van der Waals surface area contributed by atoms with Crippen LogP contribution in [0.4, 0.5) is 0 Å². The zero-order valence-corrected chi connectivity index (χ0v) is 14.7. The van der Waals surface area contributed by atoms with Crippen molar-refractivity contribution in [1.82, 2.24) is 4.90 Å². The normalized spacial score (nSPS) is 17.8. The van der Waals surface area contributed by atoms with Crippen molar-refractivity contribution in [1.29, 1.82) is 0 Å². The van der Waals surface area contributed by atoms with Crippen LogP contribution in [0.5, 0.6) is 0 Å². The molecule has 2 nitrogen and oxygen atoms in total. The van der Waals surface area contributed by atoms with Crippen LogP contribution in [0.3, 0.4) is 0 Å². The quantitative estimate of drug-likeness (QED) is 0.853. The van der Waals surface area contributed by atoms with E-state index in [1.807, 2.05) is 12.1 Å². The highest BCUT2D eigenvalue weighted by molar-refractivity contribution is 5.23. The van der Waals surface area contributed by atoms with Gasteiger partial charge in [-0.3, -0.25) is 0 Å². The largest absolute Gasteiger partial charge is 0.388 e. The van der Waals surface area contributed by atoms with Gasteiger partial charge in [0.05, 0.1) is 6.10 Å². The van der Waals surface area contributed by atoms with E-state index in [0.717, 1.165) is 37.5 Å². The molecule has 24 heavy (non-hydrogen) atoms. The molecule has 0 bridgehead atoms. The fourth-order valence-corrected chi connectivity index (χ4v) is 3.62. The number of hydrogen-bond donors (Lipinski definition) is 1. The molecule has 0 radical (unpaired) electrons. The fraction of sp³-hybridized carbons (Fsp3) is 0.455. The summed E-state index contributed by atoms with van der Waals surface area (Å²) >= 11 is 0. The average Bonchev–Trinajstić information content (AvgIpc) is 2.62. The lowest BCUT2D eigenvalue weighted by Gasteiger charge is -2.32. The molecule has 1 heterocycles. The molecule has 0 saturated carbocycles. The molecule has 2 aromatic carbocycles. The smallest absolute Gasteiger partial charge is 0.0802 e. The van der Waals surface area contributed by atoms with E-state index in [9.17, 15) is 5.11 Å². The SMILES string of the molecule is Cc1ccc(C(O)CCN2CCC(Cc3ccccc3)CC2)cc1. The fourth-order valence-electron chi connectivity index (χ4n) is 3.62. The van der Waals surface area contributed by atoms with Crippen LogP contribution in [0.1, 0.15) is 42.1 Å². The van der Waals surface area contributed by atoms with Gasteiger partial charge in [0, 0.05) is 6.54 Å². The molecule has 1 aliphatic rings. The highest BCUT2D eigenvalue weighted by atomic mass is 16.3. The van der Waals surface area contributed by atoms with Gasteiger partial charge < -0.3 is 10.0 Å². The molecule has 1 unspecified atom stereocenters. The second-order valence-corrected chi connectivity index (χ2v) is 7.19. The maximum absolute atomic E-state index is 10.4. The third-order valence-corrected chi connectivity index (χ3v) is 5.26. The first-order valence-corrected chi connectivity index (χ1v) is 9.21. The summed E-state index contributed by atoms with van der Waals surface area (Å²) in [5, 5.41) is 10.4. The molecule has 0 aromatic heterocycles. The third-order valence-electron chi connectivity index (χ3n) is 5.26. The van der Waals surface area contributed by atoms with Crippen molar-refractivity contribution >= 4 is 0 Å². The van der Waals surface area contributed by atoms with Crippen LogP contribution in [0, 0.1) is 12.8 Å². The molecule has 0 aliphatic carbocycles. The lowest BCUT2D eigenvalue weighted by molar-refractivity contribution is 0.123. The summed E-state index contributed by atoms with van der Waals surface area (Å²) in [6.07, 6.45) is 4.24. The first-order valence-electron chi connectivity index (χ1n) is 9.21. The van der Waals surface area contributed by atoms with Gasteiger partial charge in [-0.25, -0.2) is 0 Å². The topological polar surface area (TPSA) is 23.5 Å². The van der Waals surface area contributed by atoms with Crippen molar-refractivity contribution < 1.29 is 5.11 Å². The first-order chi connectivity index (χ1) is 11.7. The maximum atomic E-state index is 10.4. The first kappa shape index (κ1) is 17.2. The number of piperidine rings is 1. The highest BCUT2D eigenvalue weighted by Crippen LogP contribution is 2.23. The van der Waals surface area contributed by atoms with Crippen LogP contribution in [0.25, 0.3) is 0 Å². The number of benzene rings is 2. The molecule has 1 aliphatic heterocycles. The van der Waals surface area contributed by atoms with Crippen LogP contribution in [-0.4, -0.2) is 29.6 Å². The highest BCUT2D eigenvalue weighted by Gasteiger charge is 2.20. The van der Waals surface area contributed by atoms with E-state index < -0.39 is 0 Å². The second kappa shape index (κ2) is 8.46. The van der Waals surface area contributed by atoms with Crippen molar-refractivity contribution in [3.8, 4) is 0 Å². The standard InChI is InChI=1S/C22H29NO/c1-18-7-9-21(10-8-18)22(24)13-16-23-14-11-20(12-15-23)17-19-5-3-2-4-6-19/h2-10,20,22,24H,11-17H2,1H3. The molecule has 1 saturated heterocycles. The van der Waals surface area contributed by atoms with Gasteiger partial charge in [-0.1, -0.05) is 60.2 Å². The van der Waals surface area contributed by atoms with E-state index in [0.29, 0.717) is 0 Å². The predicted octanol–water partition coefficient (Wildman–Crippen LogP) is 4.37. The molecule has 1 N–H and O–H groups in total. The Morgan fingerprint density at radius 2 is 1.67 bits per heavy atom. The van der Waals surface area contributed by atoms with Crippen LogP contribution in [0.2, 0.25) is 0 Å². The summed E-state index contributed by atoms with van der Waals surface area (Å²) in [4.78, 5) is 2.51. The van der Waals surface area contributed by atoms with Gasteiger partial charge in [0.25, 0.3) is 0 Å². The lowest BCUT2D eigenvalue weighted by atomic mass is 9.90. The van der Waals surface area contributed by atoms with E-state index >= 15 is 0 Å². The van der Waals surface area contributed by atoms with Crippen molar-refractivity contribution in [2.75, 3.05) is 19.6 Å². The average molecular weight is 323 g/mol. The summed E-state index contributed by atoms with van der Waals surface area (Å²) in [6, 6.07) is 19.1. The Hall–Kier alpha value is -1.64. The van der Waals surface area contributed by atoms with Gasteiger partial charge in [-0.15, -0.1) is 0 Å². The van der Waals surface area contributed by atoms with Crippen LogP contribution < -0.4 is 0 Å². The number of aryl methyl sites for hydroxylation is 1. The summed E-state index contributed by atoms with van der Waals surface area (Å²) in [6.45, 7) is 5.40. The summed E-state index contributed by atoms with van der Waals surface area (Å²) < 4.78 is 0. The summed E-state index contributed by atoms with van der Waals surface area (Å²) in [5.74, 6) is 0.811. The number of rotatable bonds is 6. The molecule has 1 fully saturated rings. The van der Waals surface area contributed by atoms with Crippen LogP contribution in [-0.2, 0) is 6.42 Å². The lowest BCUT2D eigenvalue weighted by Crippen LogP contribution is -2.35. The minimum Gasteiger partial charge on any atom is -0.388 e. The monoisotopic (exact) mass is 323 g/mol. The molecule has 2 heteroatoms. The zero-order chi connectivity index (χ0) is 16.8. The Morgan fingerprint density at radius 1 is 1.00 bits per heavy atom. The van der Waals surface area contributed by atoms with E-state index in [1.165, 1.54) is 30.4 Å². The van der Waals surface area contributed by atoms with E-state index in [1.54, 1.807) is 0 Å². The number of hydrogen-bond acceptors (Lipinski definition) is 2. The summed E-state index contributed by atoms with van der Waals surface area (Å²) in [5.41, 5.74) is 3.75. The van der Waals surface area contributed by atoms with Gasteiger partial charge in [-0.2, -0.15) is 0 Å². The van der Waals surface area contributed by atoms with Gasteiger partial charge >= 0.3 is 0 Å². The Kier molecular flexibility index (Phi) is 6.06. The minimum atomic E-state index is -0.340. The van der Waals surface area contributed by atoms with Gasteiger partial charge in [-0.05, 0) is 62.7 Å². The zero-order valence-electron chi connectivity index (χ0n) is 14.7. The Balaban J connectivity index is 1.40. The summed E-state index contributed by atoms with van der Waals surface area (Å²) in [7, 11) is 0. The molecule has 0 spiro atoms. The third kappa shape index (κ3) is 4.93. The number of aliphatic hydroxyl groups is 1. The van der Waals surface area contributed by atoms with Crippen molar-refractivity contribution in [2.24, 2.45) is 5.92 Å². The number of aliphatic hydroxyl groups excluding tert-OH is 1. The Bertz CT molecular complexity index is 600. The number of likely N-dealkylation sites (tertiary alicyclic amines) is 1. The van der Waals surface area contributed by atoms with Crippen LogP contribution >= 0.6 is 0 Å². The molecule has 2 aromatic rings. The van der Waals surface area contributed by atoms with E-state index in [4.69, 9.17) is 0 Å². The molecule has 128 valence electrons. The Labute approximate surface area is 146 Å². The molecular formula is C22H29NO. The van der Waals surface area contributed by atoms with Crippen molar-refractivity contribution in [3.05, 3.63) is 71.3 Å². The predicted molar refractivity (Wildman–Crippen MR) is 100 cm³/mol. The molecule has 1 atom stereocenters. The van der Waals surface area contributed by atoms with Crippen LogP contribution in [0.15, 0.2) is 54.6 Å². The maximum Gasteiger partial charge on any atom is 0.0802 e. The molecular weight excluding hydrogens is 294 g/mol. The number of nitrogens with zero attached hydrogens (tertiary/aromatic N) is 1.